The number of nitrogens with one attached hydrogen (secondary N) is 1. The number of rotatable bonds is 3. The maximum Gasteiger partial charge on any atom is 0.329 e. The molecule has 0 spiro atoms. The maximum absolute atomic E-state index is 12.4. The van der Waals surface area contributed by atoms with Gasteiger partial charge in [-0.05, 0) is 31.4 Å². The molecule has 114 valence electrons. The van der Waals surface area contributed by atoms with Crippen molar-refractivity contribution in [2.75, 3.05) is 0 Å². The molecule has 0 aromatic heterocycles. The number of hydrogen-bond acceptors (Lipinski definition) is 2. The average Bonchev–Trinajstić information content (AvgIpc) is 2.68. The standard InChI is InChI=1S/C16H20ClNO3/c1-11-7-6-8-12(13(11)17)14(19)18-16(15(20)21)9-4-2-3-5-10-16/h6-8H,2-5,9-10H2,1H3,(H,18,19)(H,20,21). The zero-order valence-corrected chi connectivity index (χ0v) is 12.9. The van der Waals surface area contributed by atoms with Gasteiger partial charge in [-0.15, -0.1) is 0 Å². The second-order valence-corrected chi connectivity index (χ2v) is 6.07. The van der Waals surface area contributed by atoms with Gasteiger partial charge in [-0.25, -0.2) is 4.79 Å². The third-order valence-corrected chi connectivity index (χ3v) is 4.66. The van der Waals surface area contributed by atoms with Crippen molar-refractivity contribution in [1.82, 2.24) is 5.32 Å². The fourth-order valence-electron chi connectivity index (χ4n) is 2.83. The zero-order chi connectivity index (χ0) is 15.5. The van der Waals surface area contributed by atoms with Crippen LogP contribution in [-0.4, -0.2) is 22.5 Å². The van der Waals surface area contributed by atoms with E-state index in [9.17, 15) is 14.7 Å². The molecular weight excluding hydrogens is 290 g/mol. The first-order valence-corrected chi connectivity index (χ1v) is 7.65. The molecule has 1 amide bonds. The van der Waals surface area contributed by atoms with E-state index in [-0.39, 0.29) is 0 Å². The van der Waals surface area contributed by atoms with Gasteiger partial charge >= 0.3 is 5.97 Å². The molecule has 5 heteroatoms. The lowest BCUT2D eigenvalue weighted by Crippen LogP contribution is -2.54. The van der Waals surface area contributed by atoms with E-state index >= 15 is 0 Å². The van der Waals surface area contributed by atoms with Gasteiger partial charge in [0, 0.05) is 0 Å². The first kappa shape index (κ1) is 15.8. The van der Waals surface area contributed by atoms with E-state index in [0.717, 1.165) is 31.2 Å². The van der Waals surface area contributed by atoms with Crippen LogP contribution in [0.2, 0.25) is 5.02 Å². The summed E-state index contributed by atoms with van der Waals surface area (Å²) in [6, 6.07) is 5.19. The van der Waals surface area contributed by atoms with Crippen molar-refractivity contribution >= 4 is 23.5 Å². The topological polar surface area (TPSA) is 66.4 Å². The Morgan fingerprint density at radius 3 is 2.38 bits per heavy atom. The number of carbonyl (C=O) groups is 2. The molecule has 2 N–H and O–H groups in total. The molecule has 0 radical (unpaired) electrons. The highest BCUT2D eigenvalue weighted by Crippen LogP contribution is 2.29. The summed E-state index contributed by atoms with van der Waals surface area (Å²) in [5.74, 6) is -1.37. The lowest BCUT2D eigenvalue weighted by atomic mass is 9.89. The highest BCUT2D eigenvalue weighted by atomic mass is 35.5. The summed E-state index contributed by atoms with van der Waals surface area (Å²) >= 11 is 6.15. The van der Waals surface area contributed by atoms with E-state index < -0.39 is 17.4 Å². The number of benzene rings is 1. The van der Waals surface area contributed by atoms with Crippen LogP contribution >= 0.6 is 11.6 Å². The Hall–Kier alpha value is -1.55. The average molecular weight is 310 g/mol. The molecular formula is C16H20ClNO3. The van der Waals surface area contributed by atoms with Crippen LogP contribution in [0.4, 0.5) is 0 Å². The van der Waals surface area contributed by atoms with Gasteiger partial charge in [0.15, 0.2) is 0 Å². The lowest BCUT2D eigenvalue weighted by Gasteiger charge is -2.29. The monoisotopic (exact) mass is 309 g/mol. The van der Waals surface area contributed by atoms with Crippen LogP contribution in [0.15, 0.2) is 18.2 Å². The summed E-state index contributed by atoms with van der Waals surface area (Å²) in [6.45, 7) is 1.82. The summed E-state index contributed by atoms with van der Waals surface area (Å²) in [5.41, 5.74) is -0.0307. The Labute approximate surface area is 129 Å². The van der Waals surface area contributed by atoms with E-state index in [0.29, 0.717) is 23.4 Å². The quantitative estimate of drug-likeness (QED) is 0.839. The van der Waals surface area contributed by atoms with Crippen LogP contribution in [0.3, 0.4) is 0 Å². The van der Waals surface area contributed by atoms with Crippen LogP contribution in [-0.2, 0) is 4.79 Å². The van der Waals surface area contributed by atoms with E-state index in [1.807, 2.05) is 13.0 Å². The normalized spacial score (nSPS) is 17.8. The molecule has 4 nitrogen and oxygen atoms in total. The number of amides is 1. The molecule has 1 aliphatic carbocycles. The largest absolute Gasteiger partial charge is 0.480 e. The highest BCUT2D eigenvalue weighted by molar-refractivity contribution is 6.34. The van der Waals surface area contributed by atoms with Crippen LogP contribution in [0, 0.1) is 6.92 Å². The second-order valence-electron chi connectivity index (χ2n) is 5.69. The molecule has 0 unspecified atom stereocenters. The van der Waals surface area contributed by atoms with Gasteiger partial charge in [0.1, 0.15) is 5.54 Å². The minimum Gasteiger partial charge on any atom is -0.480 e. The van der Waals surface area contributed by atoms with Crippen molar-refractivity contribution in [2.45, 2.75) is 51.0 Å². The smallest absolute Gasteiger partial charge is 0.329 e. The maximum atomic E-state index is 12.4. The van der Waals surface area contributed by atoms with Crippen molar-refractivity contribution in [3.63, 3.8) is 0 Å². The molecule has 21 heavy (non-hydrogen) atoms. The number of carboxylic acids is 1. The van der Waals surface area contributed by atoms with E-state index in [4.69, 9.17) is 11.6 Å². The first-order valence-electron chi connectivity index (χ1n) is 7.27. The number of hydrogen-bond donors (Lipinski definition) is 2. The predicted octanol–water partition coefficient (Wildman–Crippen LogP) is 3.56. The van der Waals surface area contributed by atoms with Crippen LogP contribution in [0.1, 0.15) is 54.4 Å². The Morgan fingerprint density at radius 2 is 1.81 bits per heavy atom. The molecule has 0 bridgehead atoms. The van der Waals surface area contributed by atoms with Gasteiger partial charge in [-0.3, -0.25) is 4.79 Å². The molecule has 1 aliphatic rings. The molecule has 0 heterocycles. The number of carboxylic acid groups (broad SMARTS) is 1. The Balaban J connectivity index is 2.26. The fraction of sp³-hybridized carbons (Fsp3) is 0.500. The van der Waals surface area contributed by atoms with Crippen LogP contribution in [0.5, 0.6) is 0 Å². The molecule has 1 saturated carbocycles. The number of aliphatic carboxylic acids is 1. The van der Waals surface area contributed by atoms with E-state index in [1.165, 1.54) is 0 Å². The second kappa shape index (κ2) is 6.48. The van der Waals surface area contributed by atoms with Crippen molar-refractivity contribution < 1.29 is 14.7 Å². The number of carbonyl (C=O) groups excluding carboxylic acids is 1. The first-order chi connectivity index (χ1) is 9.96. The van der Waals surface area contributed by atoms with Gasteiger partial charge in [0.05, 0.1) is 10.6 Å². The minimum atomic E-state index is -1.17. The van der Waals surface area contributed by atoms with E-state index in [1.54, 1.807) is 12.1 Å². The molecule has 1 fully saturated rings. The van der Waals surface area contributed by atoms with E-state index in [2.05, 4.69) is 5.32 Å². The molecule has 2 rings (SSSR count). The minimum absolute atomic E-state index is 0.335. The van der Waals surface area contributed by atoms with Gasteiger partial charge in [0.25, 0.3) is 5.91 Å². The summed E-state index contributed by atoms with van der Waals surface area (Å²) in [4.78, 5) is 24.1. The summed E-state index contributed by atoms with van der Waals surface area (Å²) in [5, 5.41) is 12.7. The van der Waals surface area contributed by atoms with Gasteiger partial charge in [-0.2, -0.15) is 0 Å². The molecule has 0 atom stereocenters. The van der Waals surface area contributed by atoms with Gasteiger partial charge < -0.3 is 10.4 Å². The van der Waals surface area contributed by atoms with Crippen molar-refractivity contribution in [3.05, 3.63) is 34.3 Å². The number of halogens is 1. The summed E-state index contributed by atoms with van der Waals surface area (Å²) < 4.78 is 0. The Morgan fingerprint density at radius 1 is 1.19 bits per heavy atom. The number of aryl methyl sites for hydroxylation is 1. The lowest BCUT2D eigenvalue weighted by molar-refractivity contribution is -0.145. The summed E-state index contributed by atoms with van der Waals surface area (Å²) in [7, 11) is 0. The van der Waals surface area contributed by atoms with Gasteiger partial charge in [0.2, 0.25) is 0 Å². The summed E-state index contributed by atoms with van der Waals surface area (Å²) in [6.07, 6.45) is 4.59. The third kappa shape index (κ3) is 3.38. The van der Waals surface area contributed by atoms with Crippen molar-refractivity contribution in [1.29, 1.82) is 0 Å². The Bertz CT molecular complexity index is 548. The molecule has 1 aromatic rings. The highest BCUT2D eigenvalue weighted by Gasteiger charge is 2.40. The third-order valence-electron chi connectivity index (χ3n) is 4.16. The van der Waals surface area contributed by atoms with Crippen molar-refractivity contribution in [3.8, 4) is 0 Å². The van der Waals surface area contributed by atoms with Crippen LogP contribution < -0.4 is 5.32 Å². The SMILES string of the molecule is Cc1cccc(C(=O)NC2(C(=O)O)CCCCCC2)c1Cl. The van der Waals surface area contributed by atoms with Crippen LogP contribution in [0.25, 0.3) is 0 Å². The molecule has 0 saturated heterocycles. The predicted molar refractivity (Wildman–Crippen MR) is 81.7 cm³/mol. The molecule has 1 aromatic carbocycles. The zero-order valence-electron chi connectivity index (χ0n) is 12.1. The van der Waals surface area contributed by atoms with Crippen molar-refractivity contribution in [2.24, 2.45) is 0 Å². The Kier molecular flexibility index (Phi) is 4.88. The van der Waals surface area contributed by atoms with Gasteiger partial charge in [-0.1, -0.05) is 49.4 Å². The molecule has 0 aliphatic heterocycles. The fourth-order valence-corrected chi connectivity index (χ4v) is 3.04.